The molecule has 4 nitrogen and oxygen atoms in total. The molecule has 0 aliphatic carbocycles. The van der Waals surface area contributed by atoms with E-state index in [4.69, 9.17) is 4.74 Å². The molecular formula is C16H32N2O2. The Balaban J connectivity index is 1.67. The largest absolute Gasteiger partial charge is 0.390 e. The van der Waals surface area contributed by atoms with Crippen molar-refractivity contribution >= 4 is 0 Å². The summed E-state index contributed by atoms with van der Waals surface area (Å²) < 4.78 is 5.27. The zero-order valence-corrected chi connectivity index (χ0v) is 13.3. The summed E-state index contributed by atoms with van der Waals surface area (Å²) in [4.78, 5) is 4.85. The van der Waals surface area contributed by atoms with Gasteiger partial charge in [-0.1, -0.05) is 6.92 Å². The maximum Gasteiger partial charge on any atom is 0.0793 e. The highest BCUT2D eigenvalue weighted by atomic mass is 16.5. The minimum atomic E-state index is -0.204. The van der Waals surface area contributed by atoms with Crippen LogP contribution in [0.2, 0.25) is 0 Å². The highest BCUT2D eigenvalue weighted by molar-refractivity contribution is 4.78. The summed E-state index contributed by atoms with van der Waals surface area (Å²) in [6, 6.07) is 0. The molecule has 0 bridgehead atoms. The topological polar surface area (TPSA) is 35.9 Å². The smallest absolute Gasteiger partial charge is 0.0793 e. The lowest BCUT2D eigenvalue weighted by atomic mass is 9.98. The number of aliphatic hydroxyl groups excluding tert-OH is 1. The molecule has 0 aromatic carbocycles. The van der Waals surface area contributed by atoms with Crippen molar-refractivity contribution in [1.82, 2.24) is 9.80 Å². The van der Waals surface area contributed by atoms with Crippen LogP contribution in [0.15, 0.2) is 0 Å². The monoisotopic (exact) mass is 284 g/mol. The third kappa shape index (κ3) is 5.32. The minimum absolute atomic E-state index is 0.204. The number of nitrogens with zero attached hydrogens (tertiary/aromatic N) is 2. The van der Waals surface area contributed by atoms with E-state index in [1.165, 1.54) is 25.7 Å². The Hall–Kier alpha value is -0.160. The number of hydrogen-bond acceptors (Lipinski definition) is 4. The van der Waals surface area contributed by atoms with Crippen molar-refractivity contribution in [2.24, 2.45) is 11.8 Å². The Bertz CT molecular complexity index is 265. The molecule has 1 N–H and O–H groups in total. The fourth-order valence-corrected chi connectivity index (χ4v) is 3.59. The van der Waals surface area contributed by atoms with Gasteiger partial charge in [-0.3, -0.25) is 0 Å². The Morgan fingerprint density at radius 1 is 1.10 bits per heavy atom. The van der Waals surface area contributed by atoms with Crippen molar-refractivity contribution in [2.45, 2.75) is 38.7 Å². The first kappa shape index (κ1) is 16.2. The van der Waals surface area contributed by atoms with E-state index >= 15 is 0 Å². The van der Waals surface area contributed by atoms with E-state index < -0.39 is 0 Å². The molecule has 0 amide bonds. The number of methoxy groups -OCH3 is 1. The van der Waals surface area contributed by atoms with Gasteiger partial charge in [-0.2, -0.15) is 0 Å². The average molecular weight is 284 g/mol. The molecule has 20 heavy (non-hydrogen) atoms. The highest BCUT2D eigenvalue weighted by Crippen LogP contribution is 2.18. The molecule has 2 heterocycles. The van der Waals surface area contributed by atoms with Gasteiger partial charge in [-0.15, -0.1) is 0 Å². The van der Waals surface area contributed by atoms with Crippen molar-refractivity contribution in [3.05, 3.63) is 0 Å². The molecule has 2 aliphatic heterocycles. The lowest BCUT2D eigenvalue weighted by Crippen LogP contribution is -2.46. The normalized spacial score (nSPS) is 28.6. The molecule has 2 aliphatic rings. The summed E-state index contributed by atoms with van der Waals surface area (Å²) in [7, 11) is 1.78. The molecule has 118 valence electrons. The van der Waals surface area contributed by atoms with Gasteiger partial charge in [0.1, 0.15) is 0 Å². The molecular weight excluding hydrogens is 252 g/mol. The molecule has 2 saturated heterocycles. The fraction of sp³-hybridized carbons (Fsp3) is 1.00. The maximum atomic E-state index is 10.3. The summed E-state index contributed by atoms with van der Waals surface area (Å²) in [5, 5.41) is 10.3. The van der Waals surface area contributed by atoms with Gasteiger partial charge < -0.3 is 19.6 Å². The van der Waals surface area contributed by atoms with E-state index in [0.29, 0.717) is 5.92 Å². The minimum Gasteiger partial charge on any atom is -0.390 e. The number of β-amino-alcohol motifs (C(OH)–C–C–N with tert-alkyl or cyclic N) is 1. The van der Waals surface area contributed by atoms with Crippen LogP contribution in [-0.2, 0) is 4.74 Å². The van der Waals surface area contributed by atoms with Gasteiger partial charge in [-0.25, -0.2) is 0 Å². The molecule has 0 radical (unpaired) electrons. The van der Waals surface area contributed by atoms with Crippen LogP contribution in [0.4, 0.5) is 0 Å². The van der Waals surface area contributed by atoms with Crippen molar-refractivity contribution < 1.29 is 9.84 Å². The van der Waals surface area contributed by atoms with Crippen LogP contribution >= 0.6 is 0 Å². The van der Waals surface area contributed by atoms with E-state index in [0.717, 1.165) is 51.8 Å². The molecule has 2 rings (SSSR count). The van der Waals surface area contributed by atoms with Gasteiger partial charge in [-0.05, 0) is 57.2 Å². The fourth-order valence-electron chi connectivity index (χ4n) is 3.59. The van der Waals surface area contributed by atoms with E-state index in [9.17, 15) is 5.11 Å². The third-order valence-corrected chi connectivity index (χ3v) is 4.82. The zero-order valence-electron chi connectivity index (χ0n) is 13.3. The zero-order chi connectivity index (χ0) is 14.4. The summed E-state index contributed by atoms with van der Waals surface area (Å²) in [5.41, 5.74) is 0. The molecule has 0 spiro atoms. The van der Waals surface area contributed by atoms with Crippen LogP contribution in [0.1, 0.15) is 32.6 Å². The highest BCUT2D eigenvalue weighted by Gasteiger charge is 2.23. The van der Waals surface area contributed by atoms with Crippen molar-refractivity contribution in [2.75, 3.05) is 53.0 Å². The molecule has 2 fully saturated rings. The summed E-state index contributed by atoms with van der Waals surface area (Å²) in [6.45, 7) is 9.39. The van der Waals surface area contributed by atoms with Crippen LogP contribution in [0.5, 0.6) is 0 Å². The number of aliphatic hydroxyl groups is 1. The van der Waals surface area contributed by atoms with E-state index in [1.807, 2.05) is 0 Å². The van der Waals surface area contributed by atoms with Crippen LogP contribution in [-0.4, -0.2) is 74.0 Å². The first-order chi connectivity index (χ1) is 9.67. The Morgan fingerprint density at radius 3 is 2.50 bits per heavy atom. The SMILES string of the molecule is COCC1CCCN(CC(O)CN2CCC(C)CC2)C1. The average Bonchev–Trinajstić information content (AvgIpc) is 2.42. The predicted molar refractivity (Wildman–Crippen MR) is 81.9 cm³/mol. The standard InChI is InChI=1S/C16H32N2O2/c1-14-5-8-17(9-6-14)11-16(19)12-18-7-3-4-15(10-18)13-20-2/h14-16,19H,3-13H2,1-2H3. The molecule has 2 unspecified atom stereocenters. The number of hydrogen-bond donors (Lipinski definition) is 1. The maximum absolute atomic E-state index is 10.3. The quantitative estimate of drug-likeness (QED) is 0.800. The van der Waals surface area contributed by atoms with Crippen LogP contribution < -0.4 is 0 Å². The van der Waals surface area contributed by atoms with Gasteiger partial charge in [0.2, 0.25) is 0 Å². The van der Waals surface area contributed by atoms with Gasteiger partial charge in [0.25, 0.3) is 0 Å². The van der Waals surface area contributed by atoms with Gasteiger partial charge in [0.05, 0.1) is 12.7 Å². The molecule has 4 heteroatoms. The second-order valence-electron chi connectivity index (χ2n) is 6.86. The lowest BCUT2D eigenvalue weighted by molar-refractivity contribution is 0.0349. The number of piperidine rings is 2. The van der Waals surface area contributed by atoms with Gasteiger partial charge in [0.15, 0.2) is 0 Å². The molecule has 0 aromatic heterocycles. The lowest BCUT2D eigenvalue weighted by Gasteiger charge is -2.36. The third-order valence-electron chi connectivity index (χ3n) is 4.82. The molecule has 0 aromatic rings. The predicted octanol–water partition coefficient (Wildman–Crippen LogP) is 1.44. The Morgan fingerprint density at radius 2 is 1.80 bits per heavy atom. The Labute approximate surface area is 124 Å². The Kier molecular flexibility index (Phi) is 6.75. The molecule has 0 saturated carbocycles. The first-order valence-corrected chi connectivity index (χ1v) is 8.29. The summed E-state index contributed by atoms with van der Waals surface area (Å²) >= 11 is 0. The van der Waals surface area contributed by atoms with Crippen LogP contribution in [0.3, 0.4) is 0 Å². The van der Waals surface area contributed by atoms with Gasteiger partial charge >= 0.3 is 0 Å². The first-order valence-electron chi connectivity index (χ1n) is 8.29. The second-order valence-corrected chi connectivity index (χ2v) is 6.86. The van der Waals surface area contributed by atoms with Gasteiger partial charge in [0, 0.05) is 26.7 Å². The van der Waals surface area contributed by atoms with E-state index in [-0.39, 0.29) is 6.10 Å². The van der Waals surface area contributed by atoms with E-state index in [2.05, 4.69) is 16.7 Å². The number of ether oxygens (including phenoxy) is 1. The van der Waals surface area contributed by atoms with Crippen molar-refractivity contribution in [3.63, 3.8) is 0 Å². The number of rotatable bonds is 6. The summed E-state index contributed by atoms with van der Waals surface area (Å²) in [5.74, 6) is 1.51. The van der Waals surface area contributed by atoms with Crippen molar-refractivity contribution in [1.29, 1.82) is 0 Å². The number of likely N-dealkylation sites (tertiary alicyclic amines) is 2. The summed E-state index contributed by atoms with van der Waals surface area (Å²) in [6.07, 6.45) is 4.87. The van der Waals surface area contributed by atoms with E-state index in [1.54, 1.807) is 7.11 Å². The van der Waals surface area contributed by atoms with Crippen LogP contribution in [0.25, 0.3) is 0 Å². The molecule has 2 atom stereocenters. The van der Waals surface area contributed by atoms with Crippen molar-refractivity contribution in [3.8, 4) is 0 Å². The second kappa shape index (κ2) is 8.32. The van der Waals surface area contributed by atoms with Crippen LogP contribution in [0, 0.1) is 11.8 Å².